The van der Waals surface area contributed by atoms with Gasteiger partial charge >= 0.3 is 0 Å². The summed E-state index contributed by atoms with van der Waals surface area (Å²) >= 11 is 2.65. The first-order valence-corrected chi connectivity index (χ1v) is 28.5. The molecule has 2 bridgehead atoms. The highest BCUT2D eigenvalue weighted by atomic mass is 32.2. The highest BCUT2D eigenvalue weighted by molar-refractivity contribution is 7.98. The van der Waals surface area contributed by atoms with Crippen molar-refractivity contribution in [1.29, 1.82) is 0 Å². The topological polar surface area (TPSA) is 374 Å². The number of benzene rings is 1. The van der Waals surface area contributed by atoms with Crippen LogP contribution in [0.25, 0.3) is 0 Å². The lowest BCUT2D eigenvalue weighted by atomic mass is 9.97. The van der Waals surface area contributed by atoms with Crippen LogP contribution < -0.4 is 65.5 Å². The van der Waals surface area contributed by atoms with Crippen molar-refractivity contribution in [1.82, 2.24) is 42.5 Å². The van der Waals surface area contributed by atoms with Crippen LogP contribution in [0, 0.1) is 17.8 Å². The number of nitrogens with two attached hydrogens (primary N) is 4. The summed E-state index contributed by atoms with van der Waals surface area (Å²) in [6.07, 6.45) is 1.39. The van der Waals surface area contributed by atoms with E-state index in [4.69, 9.17) is 22.9 Å². The molecule has 11 atom stereocenters. The zero-order valence-electron chi connectivity index (χ0n) is 45.2. The maximum absolute atomic E-state index is 14.6. The zero-order valence-corrected chi connectivity index (χ0v) is 46.8. The fraction of sp³-hybridized carbons (Fsp3) is 0.706. The van der Waals surface area contributed by atoms with E-state index in [2.05, 4.69) is 42.5 Å². The van der Waals surface area contributed by atoms with Crippen molar-refractivity contribution in [3.63, 3.8) is 0 Å². The first-order valence-electron chi connectivity index (χ1n) is 26.2. The van der Waals surface area contributed by atoms with Gasteiger partial charge in [0.1, 0.15) is 48.3 Å². The van der Waals surface area contributed by atoms with Crippen LogP contribution in [-0.4, -0.2) is 143 Å². The highest BCUT2D eigenvalue weighted by Crippen LogP contribution is 2.20. The minimum atomic E-state index is -1.57. The largest absolute Gasteiger partial charge is 0.391 e. The Kier molecular flexibility index (Phi) is 30.5. The molecule has 0 saturated carbocycles. The third-order valence-corrected chi connectivity index (χ3v) is 14.7. The van der Waals surface area contributed by atoms with Crippen molar-refractivity contribution >= 4 is 76.7 Å². The number of carbonyl (C=O) groups excluding carboxylic acids is 9. The van der Waals surface area contributed by atoms with Crippen LogP contribution in [0.1, 0.15) is 124 Å². The summed E-state index contributed by atoms with van der Waals surface area (Å²) in [5, 5.41) is 32.6. The van der Waals surface area contributed by atoms with Crippen LogP contribution in [0.2, 0.25) is 0 Å². The van der Waals surface area contributed by atoms with Gasteiger partial charge in [-0.1, -0.05) is 72.2 Å². The third-order valence-electron chi connectivity index (χ3n) is 12.5. The van der Waals surface area contributed by atoms with Gasteiger partial charge in [-0.15, -0.1) is 0 Å². The van der Waals surface area contributed by atoms with Gasteiger partial charge in [-0.25, -0.2) is 0 Å². The smallest absolute Gasteiger partial charge is 0.245 e. The number of nitrogens with one attached hydrogen (secondary N) is 8. The van der Waals surface area contributed by atoms with E-state index in [1.165, 1.54) is 37.4 Å². The molecule has 2 rings (SSSR count). The Morgan fingerprint density at radius 2 is 1.29 bits per heavy atom. The van der Waals surface area contributed by atoms with Gasteiger partial charge in [0.15, 0.2) is 0 Å². The van der Waals surface area contributed by atoms with Gasteiger partial charge in [0, 0.05) is 23.0 Å². The van der Waals surface area contributed by atoms with Gasteiger partial charge in [0.2, 0.25) is 53.2 Å². The van der Waals surface area contributed by atoms with E-state index in [-0.39, 0.29) is 61.5 Å². The summed E-state index contributed by atoms with van der Waals surface area (Å²) in [5.41, 5.74) is 24.9. The van der Waals surface area contributed by atoms with Gasteiger partial charge in [0.05, 0.1) is 12.1 Å². The molecule has 1 aliphatic rings. The molecule has 0 fully saturated rings. The number of thioether (sulfide) groups is 2. The first-order chi connectivity index (χ1) is 35.4. The molecule has 17 N–H and O–H groups in total. The quantitative estimate of drug-likeness (QED) is 0.0589. The predicted molar refractivity (Wildman–Crippen MR) is 293 cm³/mol. The monoisotopic (exact) mass is 1090 g/mol. The number of unbranched alkanes of at least 4 members (excludes halogenated alkanes) is 2. The Morgan fingerprint density at radius 3 is 1.85 bits per heavy atom. The number of primary amides is 1. The van der Waals surface area contributed by atoms with Gasteiger partial charge in [-0.3, -0.25) is 43.2 Å². The number of fused-ring (bicyclic) bond motifs is 2. The molecule has 9 amide bonds. The van der Waals surface area contributed by atoms with Crippen molar-refractivity contribution in [2.75, 3.05) is 24.6 Å². The zero-order chi connectivity index (χ0) is 56.4. The van der Waals surface area contributed by atoms with Crippen LogP contribution in [0.4, 0.5) is 0 Å². The van der Waals surface area contributed by atoms with Crippen LogP contribution >= 0.6 is 23.5 Å². The molecule has 0 saturated heterocycles. The van der Waals surface area contributed by atoms with E-state index in [1.807, 2.05) is 58.9 Å². The molecule has 0 aliphatic carbocycles. The number of rotatable bonds is 24. The van der Waals surface area contributed by atoms with Gasteiger partial charge in [-0.2, -0.15) is 23.5 Å². The van der Waals surface area contributed by atoms with Crippen LogP contribution in [0.15, 0.2) is 24.3 Å². The third kappa shape index (κ3) is 24.3. The molecule has 0 aromatic heterocycles. The molecule has 1 heterocycles. The summed E-state index contributed by atoms with van der Waals surface area (Å²) in [7, 11) is 0. The number of carbonyl (C=O) groups is 9. The van der Waals surface area contributed by atoms with E-state index < -0.39 is 114 Å². The van der Waals surface area contributed by atoms with Crippen LogP contribution in [-0.2, 0) is 54.7 Å². The maximum atomic E-state index is 14.6. The maximum Gasteiger partial charge on any atom is 0.245 e. The minimum Gasteiger partial charge on any atom is -0.391 e. The Bertz CT molecular complexity index is 2030. The molecular formula is C51H88N12O10S2. The second-order valence-corrected chi connectivity index (χ2v) is 22.4. The first kappa shape index (κ1) is 66.1. The SMILES string of the molecule is CC[C@H](C)[C@H](NC(=O)[C@H](CC(C)C)NC(=O)[C@H](CCCCN)NC(=O)[C@@H]1CSCc2cccc(c2)CSC[C@H](NC(=O)[C@H](C)N)C(=O)N[C@@H]([C@@H](C)O)C(=O)N[C@@H](CC(C)C)C(=O)N[C@@H](CCCCN)C(=O)N1)C(N)=O. The number of aliphatic hydroxyl groups excluding tert-OH is 1. The molecule has 424 valence electrons. The molecule has 0 radical (unpaired) electrons. The van der Waals surface area contributed by atoms with Crippen molar-refractivity contribution in [3.05, 3.63) is 35.4 Å². The summed E-state index contributed by atoms with van der Waals surface area (Å²) in [4.78, 5) is 124. The number of amides is 9. The van der Waals surface area contributed by atoms with E-state index in [0.717, 1.165) is 11.1 Å². The lowest BCUT2D eigenvalue weighted by Gasteiger charge is -2.29. The molecule has 1 aliphatic heterocycles. The minimum absolute atomic E-state index is 0.00246. The lowest BCUT2D eigenvalue weighted by molar-refractivity contribution is -0.137. The van der Waals surface area contributed by atoms with E-state index in [0.29, 0.717) is 50.2 Å². The number of hydrogen-bond acceptors (Lipinski definition) is 15. The van der Waals surface area contributed by atoms with Gasteiger partial charge in [0.25, 0.3) is 0 Å². The van der Waals surface area contributed by atoms with Crippen molar-refractivity contribution < 1.29 is 48.3 Å². The summed E-state index contributed by atoms with van der Waals surface area (Å²) in [5.74, 6) is -6.17. The second-order valence-electron chi connectivity index (χ2n) is 20.3. The average Bonchev–Trinajstić information content (AvgIpc) is 3.34. The van der Waals surface area contributed by atoms with Crippen molar-refractivity contribution in [2.24, 2.45) is 40.7 Å². The molecule has 0 spiro atoms. The second kappa shape index (κ2) is 34.6. The molecule has 0 unspecified atom stereocenters. The number of hydrogen-bond donors (Lipinski definition) is 13. The Morgan fingerprint density at radius 1 is 0.707 bits per heavy atom. The Labute approximate surface area is 451 Å². The van der Waals surface area contributed by atoms with Crippen molar-refractivity contribution in [2.45, 2.75) is 185 Å². The van der Waals surface area contributed by atoms with E-state index in [9.17, 15) is 48.3 Å². The predicted octanol–water partition coefficient (Wildman–Crippen LogP) is -0.345. The van der Waals surface area contributed by atoms with Crippen molar-refractivity contribution in [3.8, 4) is 0 Å². The highest BCUT2D eigenvalue weighted by Gasteiger charge is 2.36. The fourth-order valence-corrected chi connectivity index (χ4v) is 10.00. The molecule has 75 heavy (non-hydrogen) atoms. The molecule has 1 aromatic carbocycles. The molecule has 22 nitrogen and oxygen atoms in total. The Hall–Kier alpha value is -5.01. The molecule has 24 heteroatoms. The Balaban J connectivity index is 2.69. The van der Waals surface area contributed by atoms with E-state index in [1.54, 1.807) is 6.92 Å². The van der Waals surface area contributed by atoms with Gasteiger partial charge in [-0.05, 0) is 107 Å². The van der Waals surface area contributed by atoms with E-state index >= 15 is 0 Å². The summed E-state index contributed by atoms with van der Waals surface area (Å²) < 4.78 is 0. The molecular weight excluding hydrogens is 1000 g/mol. The fourth-order valence-electron chi connectivity index (χ4n) is 7.99. The lowest BCUT2D eigenvalue weighted by Crippen LogP contribution is -2.62. The number of aliphatic hydroxyl groups is 1. The normalized spacial score (nSPS) is 22.0. The average molecular weight is 1090 g/mol. The summed E-state index contributed by atoms with van der Waals surface area (Å²) in [6.45, 7) is 14.4. The van der Waals surface area contributed by atoms with Crippen LogP contribution in [0.3, 0.4) is 0 Å². The summed E-state index contributed by atoms with van der Waals surface area (Å²) in [6, 6.07) is -3.20. The van der Waals surface area contributed by atoms with Gasteiger partial charge < -0.3 is 70.6 Å². The van der Waals surface area contributed by atoms with Crippen LogP contribution in [0.5, 0.6) is 0 Å². The standard InChI is InChI=1S/C51H88N12O10S2/c1-9-30(6)41(43(55)65)62-48(70)38(22-29(4)5)58-45(67)35(17-10-12-19-52)57-49(71)39-26-74-24-33-15-14-16-34(23-33)25-75-27-40(60-44(66)31(7)54)50(72)63-42(32(8)64)51(73)59-37(21-28(2)3)47(69)56-36(46(68)61-39)18-11-13-20-53/h14-16,23,28-32,35-42,64H,9-13,17-22,24-27,52-54H2,1-8H3,(H2,55,65)(H,56,69)(H,57,71)(H,58,67)(H,59,73)(H,60,66)(H,61,68)(H,62,70)(H,63,72)/t30-,31-,32+,35-,36-,37-,38-,39-,40-,41-,42-/m0/s1. The molecule has 1 aromatic rings.